The molecule has 0 aliphatic rings. The number of benzene rings is 2. The molecule has 0 radical (unpaired) electrons. The molecule has 4 nitrogen and oxygen atoms in total. The maximum absolute atomic E-state index is 13.4. The second kappa shape index (κ2) is 7.09. The summed E-state index contributed by atoms with van der Waals surface area (Å²) in [6, 6.07) is 10.7. The molecule has 2 heterocycles. The number of hydrogen-bond donors (Lipinski definition) is 0. The fraction of sp³-hybridized carbons (Fsp3) is 0.0952. The van der Waals surface area contributed by atoms with Gasteiger partial charge in [-0.15, -0.1) is 11.3 Å². The lowest BCUT2D eigenvalue weighted by Gasteiger charge is -2.06. The molecule has 0 aliphatic heterocycles. The molecule has 0 aliphatic carbocycles. The maximum atomic E-state index is 13.4. The number of nitrogens with zero attached hydrogens (tertiary/aromatic N) is 2. The van der Waals surface area contributed by atoms with Gasteiger partial charge in [-0.3, -0.25) is 14.2 Å². The lowest BCUT2D eigenvalue weighted by molar-refractivity contribution is 0.0970. The standard InChI is InChI=1S/C21H14F2N2O2S/c1-12-2-4-13(5-3-12)15-10-28-20-19(15)21(27)25(11-24-20)9-18(26)14-6-7-16(22)17(23)8-14/h2-8,10-11H,9H2,1H3. The van der Waals surface area contributed by atoms with Gasteiger partial charge in [-0.05, 0) is 30.7 Å². The average Bonchev–Trinajstić information content (AvgIpc) is 3.11. The van der Waals surface area contributed by atoms with E-state index in [1.807, 2.05) is 36.6 Å². The van der Waals surface area contributed by atoms with Crippen LogP contribution in [0.4, 0.5) is 8.78 Å². The lowest BCUT2D eigenvalue weighted by Crippen LogP contribution is -2.24. The van der Waals surface area contributed by atoms with Crippen LogP contribution in [0.25, 0.3) is 21.3 Å². The lowest BCUT2D eigenvalue weighted by atomic mass is 10.0. The van der Waals surface area contributed by atoms with Gasteiger partial charge in [-0.2, -0.15) is 0 Å². The topological polar surface area (TPSA) is 52.0 Å². The Morgan fingerprint density at radius 3 is 2.57 bits per heavy atom. The van der Waals surface area contributed by atoms with Gasteiger partial charge in [0.2, 0.25) is 0 Å². The van der Waals surface area contributed by atoms with Crippen LogP contribution in [-0.4, -0.2) is 15.3 Å². The molecule has 0 fully saturated rings. The molecular weight excluding hydrogens is 382 g/mol. The molecule has 0 saturated carbocycles. The Kier molecular flexibility index (Phi) is 4.60. The van der Waals surface area contributed by atoms with Gasteiger partial charge >= 0.3 is 0 Å². The predicted molar refractivity (Wildman–Crippen MR) is 105 cm³/mol. The first-order valence-electron chi connectivity index (χ1n) is 8.46. The van der Waals surface area contributed by atoms with E-state index in [1.165, 1.54) is 28.3 Å². The molecule has 0 amide bonds. The van der Waals surface area contributed by atoms with Crippen molar-refractivity contribution in [1.82, 2.24) is 9.55 Å². The third-order valence-corrected chi connectivity index (χ3v) is 5.37. The zero-order chi connectivity index (χ0) is 19.8. The van der Waals surface area contributed by atoms with Crippen molar-refractivity contribution in [3.8, 4) is 11.1 Å². The van der Waals surface area contributed by atoms with Gasteiger partial charge in [-0.25, -0.2) is 13.8 Å². The molecule has 0 N–H and O–H groups in total. The Morgan fingerprint density at radius 1 is 1.11 bits per heavy atom. The van der Waals surface area contributed by atoms with Crippen LogP contribution in [0.1, 0.15) is 15.9 Å². The molecule has 2 aromatic carbocycles. The molecule has 2 aromatic heterocycles. The number of ketones is 1. The van der Waals surface area contributed by atoms with Gasteiger partial charge < -0.3 is 0 Å². The summed E-state index contributed by atoms with van der Waals surface area (Å²) in [6.07, 6.45) is 1.30. The number of thiophene rings is 1. The Hall–Kier alpha value is -3.19. The number of carbonyl (C=O) groups is 1. The van der Waals surface area contributed by atoms with Crippen molar-refractivity contribution in [3.63, 3.8) is 0 Å². The van der Waals surface area contributed by atoms with E-state index in [4.69, 9.17) is 0 Å². The fourth-order valence-corrected chi connectivity index (χ4v) is 3.85. The van der Waals surface area contributed by atoms with Crippen molar-refractivity contribution in [1.29, 1.82) is 0 Å². The Morgan fingerprint density at radius 2 is 1.86 bits per heavy atom. The van der Waals surface area contributed by atoms with Crippen LogP contribution < -0.4 is 5.56 Å². The van der Waals surface area contributed by atoms with E-state index in [0.29, 0.717) is 10.2 Å². The Balaban J connectivity index is 1.74. The minimum absolute atomic E-state index is 0.00465. The van der Waals surface area contributed by atoms with Crippen molar-refractivity contribution in [2.75, 3.05) is 0 Å². The van der Waals surface area contributed by atoms with E-state index in [0.717, 1.165) is 28.8 Å². The SMILES string of the molecule is Cc1ccc(-c2csc3ncn(CC(=O)c4ccc(F)c(F)c4)c(=O)c23)cc1. The van der Waals surface area contributed by atoms with Gasteiger partial charge in [0.25, 0.3) is 5.56 Å². The minimum Gasteiger partial charge on any atom is -0.292 e. The number of fused-ring (bicyclic) bond motifs is 1. The van der Waals surface area contributed by atoms with E-state index in [2.05, 4.69) is 4.98 Å². The quantitative estimate of drug-likeness (QED) is 0.474. The highest BCUT2D eigenvalue weighted by molar-refractivity contribution is 7.17. The van der Waals surface area contributed by atoms with Gasteiger partial charge in [0, 0.05) is 16.5 Å². The predicted octanol–water partition coefficient (Wildman–Crippen LogP) is 4.59. The summed E-state index contributed by atoms with van der Waals surface area (Å²) >= 11 is 1.35. The van der Waals surface area contributed by atoms with E-state index in [9.17, 15) is 18.4 Å². The Bertz CT molecular complexity index is 1260. The summed E-state index contributed by atoms with van der Waals surface area (Å²) < 4.78 is 27.6. The molecule has 4 aromatic rings. The van der Waals surface area contributed by atoms with E-state index in [-0.39, 0.29) is 17.7 Å². The van der Waals surface area contributed by atoms with Crippen LogP contribution >= 0.6 is 11.3 Å². The van der Waals surface area contributed by atoms with Crippen LogP contribution in [0.5, 0.6) is 0 Å². The maximum Gasteiger partial charge on any atom is 0.263 e. The van der Waals surface area contributed by atoms with E-state index in [1.54, 1.807) is 0 Å². The summed E-state index contributed by atoms with van der Waals surface area (Å²) in [5, 5.41) is 2.31. The molecular formula is C21H14F2N2O2S. The number of aryl methyl sites for hydroxylation is 1. The smallest absolute Gasteiger partial charge is 0.263 e. The number of aromatic nitrogens is 2. The van der Waals surface area contributed by atoms with Crippen LogP contribution in [0.15, 0.2) is 59.0 Å². The summed E-state index contributed by atoms with van der Waals surface area (Å²) in [5.74, 6) is -2.64. The van der Waals surface area contributed by atoms with Crippen molar-refractivity contribution in [2.24, 2.45) is 0 Å². The van der Waals surface area contributed by atoms with Gasteiger partial charge in [0.15, 0.2) is 17.4 Å². The highest BCUT2D eigenvalue weighted by Crippen LogP contribution is 2.30. The van der Waals surface area contributed by atoms with Crippen molar-refractivity contribution < 1.29 is 13.6 Å². The second-order valence-electron chi connectivity index (χ2n) is 6.43. The molecule has 7 heteroatoms. The first-order chi connectivity index (χ1) is 13.4. The monoisotopic (exact) mass is 396 g/mol. The van der Waals surface area contributed by atoms with Gasteiger partial charge in [0.05, 0.1) is 18.3 Å². The molecule has 0 unspecified atom stereocenters. The number of halogens is 2. The first-order valence-corrected chi connectivity index (χ1v) is 9.34. The van der Waals surface area contributed by atoms with Crippen LogP contribution in [0, 0.1) is 18.6 Å². The molecule has 0 bridgehead atoms. The molecule has 0 saturated heterocycles. The van der Waals surface area contributed by atoms with Crippen LogP contribution in [-0.2, 0) is 6.54 Å². The number of carbonyl (C=O) groups excluding carboxylic acids is 1. The molecule has 0 spiro atoms. The number of Topliss-reactive ketones (excluding diaryl/α,β-unsaturated/α-hetero) is 1. The highest BCUT2D eigenvalue weighted by atomic mass is 32.1. The first kappa shape index (κ1) is 18.2. The average molecular weight is 396 g/mol. The molecule has 4 rings (SSSR count). The summed E-state index contributed by atoms with van der Waals surface area (Å²) in [5.41, 5.74) is 2.40. The molecule has 0 atom stereocenters. The number of rotatable bonds is 4. The second-order valence-corrected chi connectivity index (χ2v) is 7.28. The minimum atomic E-state index is -1.11. The van der Waals surface area contributed by atoms with Crippen molar-refractivity contribution in [2.45, 2.75) is 13.5 Å². The van der Waals surface area contributed by atoms with E-state index < -0.39 is 17.4 Å². The highest BCUT2D eigenvalue weighted by Gasteiger charge is 2.16. The van der Waals surface area contributed by atoms with E-state index >= 15 is 0 Å². The van der Waals surface area contributed by atoms with Crippen LogP contribution in [0.3, 0.4) is 0 Å². The summed E-state index contributed by atoms with van der Waals surface area (Å²) in [4.78, 5) is 30.3. The molecule has 140 valence electrons. The summed E-state index contributed by atoms with van der Waals surface area (Å²) in [7, 11) is 0. The van der Waals surface area contributed by atoms with Crippen molar-refractivity contribution >= 4 is 27.3 Å². The normalized spacial score (nSPS) is 11.1. The summed E-state index contributed by atoms with van der Waals surface area (Å²) in [6.45, 7) is 1.67. The van der Waals surface area contributed by atoms with Gasteiger partial charge in [-0.1, -0.05) is 29.8 Å². The Labute approximate surface area is 162 Å². The zero-order valence-electron chi connectivity index (χ0n) is 14.8. The molecule has 28 heavy (non-hydrogen) atoms. The fourth-order valence-electron chi connectivity index (χ4n) is 2.94. The third-order valence-electron chi connectivity index (χ3n) is 4.48. The van der Waals surface area contributed by atoms with Crippen molar-refractivity contribution in [3.05, 3.63) is 87.3 Å². The van der Waals surface area contributed by atoms with Gasteiger partial charge in [0.1, 0.15) is 4.83 Å². The number of hydrogen-bond acceptors (Lipinski definition) is 4. The largest absolute Gasteiger partial charge is 0.292 e. The zero-order valence-corrected chi connectivity index (χ0v) is 15.6. The third kappa shape index (κ3) is 3.25. The van der Waals surface area contributed by atoms with Crippen LogP contribution in [0.2, 0.25) is 0 Å².